The topological polar surface area (TPSA) is 119 Å². The molecule has 0 bridgehead atoms. The lowest BCUT2D eigenvalue weighted by atomic mass is 10.0. The maximum atomic E-state index is 11.8. The smallest absolute Gasteiger partial charge is 0.306 e. The summed E-state index contributed by atoms with van der Waals surface area (Å²) in [6.07, 6.45) is 4.70. The van der Waals surface area contributed by atoms with Gasteiger partial charge in [0.2, 0.25) is 0 Å². The van der Waals surface area contributed by atoms with Crippen molar-refractivity contribution in [3.63, 3.8) is 0 Å². The summed E-state index contributed by atoms with van der Waals surface area (Å²) in [6.45, 7) is 0.483. The third kappa shape index (κ3) is 4.19. The highest BCUT2D eigenvalue weighted by molar-refractivity contribution is 5.82. The van der Waals surface area contributed by atoms with Gasteiger partial charge in [0.15, 0.2) is 11.7 Å². The maximum Gasteiger partial charge on any atom is 0.306 e. The van der Waals surface area contributed by atoms with E-state index in [9.17, 15) is 4.79 Å². The fourth-order valence-electron chi connectivity index (χ4n) is 3.74. The molecule has 0 amide bonds. The molecule has 1 fully saturated rings. The molecule has 9 nitrogen and oxygen atoms in total. The number of benzene rings is 1. The van der Waals surface area contributed by atoms with Crippen LogP contribution < -0.4 is 4.74 Å². The zero-order chi connectivity index (χ0) is 21.9. The molecule has 32 heavy (non-hydrogen) atoms. The summed E-state index contributed by atoms with van der Waals surface area (Å²) in [7, 11) is 0. The number of cyclic esters (lactones) is 1. The lowest BCUT2D eigenvalue weighted by molar-refractivity contribution is -0.141. The van der Waals surface area contributed by atoms with Crippen LogP contribution in [-0.4, -0.2) is 51.7 Å². The molecule has 1 unspecified atom stereocenters. The second-order valence-electron chi connectivity index (χ2n) is 7.48. The molecule has 2 aromatic heterocycles. The minimum absolute atomic E-state index is 0.0558. The quantitative estimate of drug-likeness (QED) is 0.572. The molecule has 2 N–H and O–H groups in total. The lowest BCUT2D eigenvalue weighted by Crippen LogP contribution is -2.15. The summed E-state index contributed by atoms with van der Waals surface area (Å²) in [4.78, 5) is 28.4. The van der Waals surface area contributed by atoms with Crippen molar-refractivity contribution in [2.75, 3.05) is 19.8 Å². The Labute approximate surface area is 183 Å². The van der Waals surface area contributed by atoms with Gasteiger partial charge in [0.05, 0.1) is 17.6 Å². The third-order valence-corrected chi connectivity index (χ3v) is 5.27. The van der Waals surface area contributed by atoms with E-state index in [0.29, 0.717) is 49.0 Å². The molecular weight excluding hydrogens is 412 g/mol. The van der Waals surface area contributed by atoms with E-state index >= 15 is 0 Å². The Morgan fingerprint density at radius 3 is 2.94 bits per heavy atom. The number of ether oxygens (including phenoxy) is 3. The highest BCUT2D eigenvalue weighted by Crippen LogP contribution is 2.38. The molecule has 0 saturated carbocycles. The molecule has 1 atom stereocenters. The number of nitrogens with zero attached hydrogens (tertiary/aromatic N) is 3. The van der Waals surface area contributed by atoms with Crippen molar-refractivity contribution in [2.45, 2.75) is 25.4 Å². The summed E-state index contributed by atoms with van der Waals surface area (Å²) >= 11 is 0. The molecule has 2 aliphatic rings. The lowest BCUT2D eigenvalue weighted by Gasteiger charge is -2.19. The summed E-state index contributed by atoms with van der Waals surface area (Å²) < 4.78 is 17.1. The first-order valence-electron chi connectivity index (χ1n) is 10.5. The number of imidazole rings is 1. The number of aromatic nitrogens is 3. The number of esters is 1. The molecule has 1 saturated heterocycles. The first kappa shape index (κ1) is 20.2. The number of hydrogen-bond acceptors (Lipinski definition) is 8. The van der Waals surface area contributed by atoms with Gasteiger partial charge in [-0.2, -0.15) is 0 Å². The van der Waals surface area contributed by atoms with Crippen LogP contribution in [-0.2, 0) is 14.3 Å². The molecule has 9 heteroatoms. The monoisotopic (exact) mass is 434 g/mol. The molecule has 164 valence electrons. The molecule has 0 radical (unpaired) electrons. The van der Waals surface area contributed by atoms with Crippen molar-refractivity contribution >= 4 is 22.9 Å². The SMILES string of the molecule is O=C1CCC(c2cc3[nH]c(-c4ccccn4)nc3cc2OC2=CCC(OCCO)=NC2)O1. The number of dihydropyridines is 1. The minimum Gasteiger partial charge on any atom is -0.478 e. The zero-order valence-corrected chi connectivity index (χ0v) is 17.3. The van der Waals surface area contributed by atoms with Crippen molar-refractivity contribution in [3.05, 3.63) is 53.9 Å². The minimum atomic E-state index is -0.375. The number of nitrogens with one attached hydrogen (secondary N) is 1. The van der Waals surface area contributed by atoms with E-state index in [0.717, 1.165) is 22.3 Å². The van der Waals surface area contributed by atoms with E-state index < -0.39 is 0 Å². The van der Waals surface area contributed by atoms with Gasteiger partial charge in [-0.1, -0.05) is 6.07 Å². The molecule has 1 aromatic carbocycles. The number of H-pyrrole nitrogens is 1. The number of hydrogen-bond donors (Lipinski definition) is 2. The molecule has 0 spiro atoms. The number of rotatable bonds is 6. The largest absolute Gasteiger partial charge is 0.478 e. The van der Waals surface area contributed by atoms with Crippen LogP contribution in [0.2, 0.25) is 0 Å². The van der Waals surface area contributed by atoms with Gasteiger partial charge in [-0.15, -0.1) is 0 Å². The van der Waals surface area contributed by atoms with Crippen molar-refractivity contribution in [1.29, 1.82) is 0 Å². The second-order valence-corrected chi connectivity index (χ2v) is 7.48. The molecule has 0 aliphatic carbocycles. The average Bonchev–Trinajstić information content (AvgIpc) is 3.44. The summed E-state index contributed by atoms with van der Waals surface area (Å²) in [6, 6.07) is 9.42. The van der Waals surface area contributed by atoms with Crippen LogP contribution in [0.5, 0.6) is 5.75 Å². The van der Waals surface area contributed by atoms with Gasteiger partial charge in [-0.3, -0.25) is 9.78 Å². The van der Waals surface area contributed by atoms with Crippen molar-refractivity contribution in [2.24, 2.45) is 4.99 Å². The molecule has 3 aromatic rings. The molecule has 2 aliphatic heterocycles. The van der Waals surface area contributed by atoms with Crippen LogP contribution in [0.3, 0.4) is 0 Å². The standard InChI is InChI=1S/C23H22N4O5/c28-9-10-30-21-6-4-14(13-25-21)31-20-12-18-17(11-15(20)19-5-7-22(29)32-19)26-23(27-18)16-3-1-2-8-24-16/h1-4,8,11-12,19,28H,5-7,9-10,13H2,(H,26,27). The Kier molecular flexibility index (Phi) is 5.55. The first-order valence-corrected chi connectivity index (χ1v) is 10.5. The summed E-state index contributed by atoms with van der Waals surface area (Å²) in [5.74, 6) is 2.26. The Hall–Kier alpha value is -3.72. The van der Waals surface area contributed by atoms with Crippen molar-refractivity contribution in [3.8, 4) is 17.3 Å². The van der Waals surface area contributed by atoms with Gasteiger partial charge in [-0.05, 0) is 30.7 Å². The number of aliphatic hydroxyl groups excluding tert-OH is 1. The highest BCUT2D eigenvalue weighted by Gasteiger charge is 2.29. The van der Waals surface area contributed by atoms with Crippen LogP contribution in [0.4, 0.5) is 0 Å². The fourth-order valence-corrected chi connectivity index (χ4v) is 3.74. The van der Waals surface area contributed by atoms with Gasteiger partial charge in [0.1, 0.15) is 36.5 Å². The van der Waals surface area contributed by atoms with Gasteiger partial charge in [0.25, 0.3) is 0 Å². The molecular formula is C23H22N4O5. The predicted octanol–water partition coefficient (Wildman–Crippen LogP) is 3.08. The van der Waals surface area contributed by atoms with Gasteiger partial charge in [-0.25, -0.2) is 9.98 Å². The highest BCUT2D eigenvalue weighted by atomic mass is 16.6. The van der Waals surface area contributed by atoms with Gasteiger partial charge >= 0.3 is 5.97 Å². The summed E-state index contributed by atoms with van der Waals surface area (Å²) in [5, 5.41) is 8.89. The summed E-state index contributed by atoms with van der Waals surface area (Å²) in [5.41, 5.74) is 3.05. The van der Waals surface area contributed by atoms with Crippen LogP contribution in [0, 0.1) is 0 Å². The number of aromatic amines is 1. The average molecular weight is 434 g/mol. The first-order chi connectivity index (χ1) is 15.7. The Balaban J connectivity index is 1.46. The van der Waals surface area contributed by atoms with E-state index in [4.69, 9.17) is 19.3 Å². The Morgan fingerprint density at radius 1 is 1.28 bits per heavy atom. The van der Waals surface area contributed by atoms with Gasteiger partial charge in [0, 0.05) is 30.7 Å². The fraction of sp³-hybridized carbons (Fsp3) is 0.304. The number of fused-ring (bicyclic) bond motifs is 1. The number of pyridine rings is 1. The second kappa shape index (κ2) is 8.80. The van der Waals surface area contributed by atoms with Crippen LogP contribution in [0.25, 0.3) is 22.6 Å². The van der Waals surface area contributed by atoms with E-state index in [-0.39, 0.29) is 25.3 Å². The van der Waals surface area contributed by atoms with Crippen molar-refractivity contribution < 1.29 is 24.1 Å². The van der Waals surface area contributed by atoms with E-state index in [1.807, 2.05) is 36.4 Å². The number of carbonyl (C=O) groups excluding carboxylic acids is 1. The Morgan fingerprint density at radius 2 is 2.22 bits per heavy atom. The van der Waals surface area contributed by atoms with Crippen LogP contribution in [0.1, 0.15) is 30.9 Å². The Bertz CT molecular complexity index is 1200. The number of carbonyl (C=O) groups is 1. The maximum absolute atomic E-state index is 11.8. The van der Waals surface area contributed by atoms with E-state index in [1.54, 1.807) is 6.20 Å². The molecule has 4 heterocycles. The van der Waals surface area contributed by atoms with Crippen LogP contribution in [0.15, 0.2) is 53.4 Å². The van der Waals surface area contributed by atoms with E-state index in [2.05, 4.69) is 19.9 Å². The van der Waals surface area contributed by atoms with Crippen molar-refractivity contribution in [1.82, 2.24) is 15.0 Å². The molecule has 5 rings (SSSR count). The zero-order valence-electron chi connectivity index (χ0n) is 17.3. The number of aliphatic imine (C=N–C) groups is 1. The van der Waals surface area contributed by atoms with Gasteiger partial charge < -0.3 is 24.3 Å². The van der Waals surface area contributed by atoms with Crippen LogP contribution >= 0.6 is 0 Å². The predicted molar refractivity (Wildman–Crippen MR) is 116 cm³/mol. The van der Waals surface area contributed by atoms with E-state index in [1.165, 1.54) is 0 Å². The normalized spacial score (nSPS) is 18.3. The third-order valence-electron chi connectivity index (χ3n) is 5.27. The number of aliphatic hydroxyl groups is 1.